The van der Waals surface area contributed by atoms with Crippen molar-refractivity contribution in [3.05, 3.63) is 53.6 Å². The molecule has 1 N–H and O–H groups in total. The van der Waals surface area contributed by atoms with Crippen molar-refractivity contribution in [2.24, 2.45) is 7.05 Å². The number of nitrogens with one attached hydrogen (secondary N) is 1. The van der Waals surface area contributed by atoms with E-state index in [2.05, 4.69) is 60.0 Å². The molecule has 20 heavy (non-hydrogen) atoms. The first kappa shape index (κ1) is 14.8. The van der Waals surface area contributed by atoms with Crippen LogP contribution in [0.4, 0.5) is 0 Å². The van der Waals surface area contributed by atoms with Gasteiger partial charge in [-0.3, -0.25) is 0 Å². The van der Waals surface area contributed by atoms with Gasteiger partial charge in [-0.05, 0) is 31.9 Å². The number of rotatable bonds is 7. The minimum Gasteiger partial charge on any atom is -0.338 e. The Morgan fingerprint density at radius 2 is 2.00 bits per heavy atom. The smallest absolute Gasteiger partial charge is 0.109 e. The van der Waals surface area contributed by atoms with Crippen molar-refractivity contribution in [3.8, 4) is 0 Å². The van der Waals surface area contributed by atoms with Crippen molar-refractivity contribution in [2.45, 2.75) is 39.2 Å². The summed E-state index contributed by atoms with van der Waals surface area (Å²) in [5.74, 6) is 1.15. The molecule has 0 spiro atoms. The molecule has 1 aromatic heterocycles. The molecule has 0 saturated heterocycles. The highest BCUT2D eigenvalue weighted by atomic mass is 15.0. The van der Waals surface area contributed by atoms with Gasteiger partial charge in [-0.2, -0.15) is 0 Å². The summed E-state index contributed by atoms with van der Waals surface area (Å²) in [5, 5.41) is 3.58. The molecule has 1 unspecified atom stereocenters. The maximum atomic E-state index is 4.43. The molecule has 0 bridgehead atoms. The average molecular weight is 271 g/mol. The molecule has 2 rings (SSSR count). The van der Waals surface area contributed by atoms with Gasteiger partial charge in [0.05, 0.1) is 0 Å². The van der Waals surface area contributed by atoms with Crippen molar-refractivity contribution in [1.29, 1.82) is 0 Å². The summed E-state index contributed by atoms with van der Waals surface area (Å²) in [4.78, 5) is 4.43. The number of hydrogen-bond acceptors (Lipinski definition) is 2. The van der Waals surface area contributed by atoms with Crippen LogP contribution >= 0.6 is 0 Å². The first-order valence-corrected chi connectivity index (χ1v) is 7.44. The molecule has 0 fully saturated rings. The molecule has 108 valence electrons. The van der Waals surface area contributed by atoms with Gasteiger partial charge < -0.3 is 9.88 Å². The summed E-state index contributed by atoms with van der Waals surface area (Å²) >= 11 is 0. The topological polar surface area (TPSA) is 29.9 Å². The van der Waals surface area contributed by atoms with Crippen LogP contribution in [0.2, 0.25) is 0 Å². The van der Waals surface area contributed by atoms with Gasteiger partial charge in [0.25, 0.3) is 0 Å². The fraction of sp³-hybridized carbons (Fsp3) is 0.471. The van der Waals surface area contributed by atoms with E-state index in [9.17, 15) is 0 Å². The predicted octanol–water partition coefficient (Wildman–Crippen LogP) is 2.88. The van der Waals surface area contributed by atoms with Gasteiger partial charge in [0.15, 0.2) is 0 Å². The van der Waals surface area contributed by atoms with Gasteiger partial charge in [0.2, 0.25) is 0 Å². The van der Waals surface area contributed by atoms with Crippen LogP contribution in [0.5, 0.6) is 0 Å². The lowest BCUT2D eigenvalue weighted by atomic mass is 10.0. The first-order valence-electron chi connectivity index (χ1n) is 7.44. The molecule has 1 heterocycles. The molecule has 0 aliphatic carbocycles. The largest absolute Gasteiger partial charge is 0.338 e. The molecule has 0 aliphatic heterocycles. The van der Waals surface area contributed by atoms with E-state index in [0.717, 1.165) is 31.6 Å². The molecular formula is C17H25N3. The number of aromatic nitrogens is 2. The number of benzene rings is 1. The Hall–Kier alpha value is -1.61. The molecule has 3 heteroatoms. The third-order valence-electron chi connectivity index (χ3n) is 3.74. The molecule has 3 nitrogen and oxygen atoms in total. The first-order chi connectivity index (χ1) is 9.69. The van der Waals surface area contributed by atoms with Crippen molar-refractivity contribution >= 4 is 0 Å². The number of aryl methyl sites for hydroxylation is 3. The molecule has 0 saturated carbocycles. The fourth-order valence-corrected chi connectivity index (χ4v) is 2.47. The van der Waals surface area contributed by atoms with Gasteiger partial charge in [0.1, 0.15) is 5.82 Å². The van der Waals surface area contributed by atoms with Crippen molar-refractivity contribution in [1.82, 2.24) is 14.9 Å². The minimum atomic E-state index is 0.488. The predicted molar refractivity (Wildman–Crippen MR) is 83.9 cm³/mol. The lowest BCUT2D eigenvalue weighted by Crippen LogP contribution is -2.32. The van der Waals surface area contributed by atoms with E-state index >= 15 is 0 Å². The van der Waals surface area contributed by atoms with E-state index in [4.69, 9.17) is 0 Å². The SMILES string of the molecule is CCNC(CCc1ccc(C)cc1)Cc1nccn1C. The fourth-order valence-electron chi connectivity index (χ4n) is 2.47. The van der Waals surface area contributed by atoms with Crippen LogP contribution in [0.15, 0.2) is 36.7 Å². The van der Waals surface area contributed by atoms with Gasteiger partial charge in [-0.25, -0.2) is 4.98 Å². The van der Waals surface area contributed by atoms with Gasteiger partial charge in [-0.15, -0.1) is 0 Å². The van der Waals surface area contributed by atoms with Crippen molar-refractivity contribution in [3.63, 3.8) is 0 Å². The Kier molecular flexibility index (Phi) is 5.36. The highest BCUT2D eigenvalue weighted by Crippen LogP contribution is 2.10. The number of imidazole rings is 1. The van der Waals surface area contributed by atoms with Gasteiger partial charge in [-0.1, -0.05) is 36.8 Å². The van der Waals surface area contributed by atoms with E-state index in [1.807, 2.05) is 12.4 Å². The Morgan fingerprint density at radius 1 is 1.25 bits per heavy atom. The lowest BCUT2D eigenvalue weighted by Gasteiger charge is -2.17. The highest BCUT2D eigenvalue weighted by molar-refractivity contribution is 5.21. The van der Waals surface area contributed by atoms with Gasteiger partial charge >= 0.3 is 0 Å². The summed E-state index contributed by atoms with van der Waals surface area (Å²) in [6.07, 6.45) is 7.13. The maximum absolute atomic E-state index is 4.43. The summed E-state index contributed by atoms with van der Waals surface area (Å²) in [6.45, 7) is 5.30. The second-order valence-electron chi connectivity index (χ2n) is 5.44. The number of hydrogen-bond donors (Lipinski definition) is 1. The van der Waals surface area contributed by atoms with Gasteiger partial charge in [0, 0.05) is 31.9 Å². The second kappa shape index (κ2) is 7.25. The zero-order valence-corrected chi connectivity index (χ0v) is 12.8. The van der Waals surface area contributed by atoms with Crippen LogP contribution in [0.25, 0.3) is 0 Å². The lowest BCUT2D eigenvalue weighted by molar-refractivity contribution is 0.476. The second-order valence-corrected chi connectivity index (χ2v) is 5.44. The molecule has 0 radical (unpaired) electrons. The maximum Gasteiger partial charge on any atom is 0.109 e. The molecule has 2 aromatic rings. The van der Waals surface area contributed by atoms with E-state index < -0.39 is 0 Å². The minimum absolute atomic E-state index is 0.488. The normalized spacial score (nSPS) is 12.6. The standard InChI is InChI=1S/C17H25N3/c1-4-18-16(13-17-19-11-12-20(17)3)10-9-15-7-5-14(2)6-8-15/h5-8,11-12,16,18H,4,9-10,13H2,1-3H3. The molecular weight excluding hydrogens is 246 g/mol. The third kappa shape index (κ3) is 4.20. The third-order valence-corrected chi connectivity index (χ3v) is 3.74. The van der Waals surface area contributed by atoms with Crippen LogP contribution in [0.3, 0.4) is 0 Å². The summed E-state index contributed by atoms with van der Waals surface area (Å²) in [5.41, 5.74) is 2.74. The Morgan fingerprint density at radius 3 is 2.60 bits per heavy atom. The molecule has 1 aromatic carbocycles. The molecule has 0 amide bonds. The number of likely N-dealkylation sites (N-methyl/N-ethyl adjacent to an activating group) is 1. The number of nitrogens with zero attached hydrogens (tertiary/aromatic N) is 2. The zero-order valence-electron chi connectivity index (χ0n) is 12.8. The zero-order chi connectivity index (χ0) is 14.4. The van der Waals surface area contributed by atoms with Crippen LogP contribution in [-0.4, -0.2) is 22.1 Å². The van der Waals surface area contributed by atoms with E-state index in [1.54, 1.807) is 0 Å². The van der Waals surface area contributed by atoms with Crippen LogP contribution < -0.4 is 5.32 Å². The van der Waals surface area contributed by atoms with E-state index in [1.165, 1.54) is 11.1 Å². The Bertz CT molecular complexity index is 513. The summed E-state index contributed by atoms with van der Waals surface area (Å²) in [7, 11) is 2.06. The van der Waals surface area contributed by atoms with Crippen molar-refractivity contribution < 1.29 is 0 Å². The van der Waals surface area contributed by atoms with Crippen LogP contribution in [0, 0.1) is 6.92 Å². The van der Waals surface area contributed by atoms with Crippen LogP contribution in [-0.2, 0) is 19.9 Å². The Labute approximate surface area is 122 Å². The van der Waals surface area contributed by atoms with E-state index in [0.29, 0.717) is 6.04 Å². The molecule has 0 aliphatic rings. The Balaban J connectivity index is 1.92. The van der Waals surface area contributed by atoms with Crippen molar-refractivity contribution in [2.75, 3.05) is 6.54 Å². The highest BCUT2D eigenvalue weighted by Gasteiger charge is 2.11. The van der Waals surface area contributed by atoms with E-state index in [-0.39, 0.29) is 0 Å². The average Bonchev–Trinajstić information content (AvgIpc) is 2.84. The summed E-state index contributed by atoms with van der Waals surface area (Å²) in [6, 6.07) is 9.34. The quantitative estimate of drug-likeness (QED) is 0.839. The van der Waals surface area contributed by atoms with Crippen LogP contribution in [0.1, 0.15) is 30.3 Å². The monoisotopic (exact) mass is 271 g/mol. The molecule has 1 atom stereocenters. The summed E-state index contributed by atoms with van der Waals surface area (Å²) < 4.78 is 2.11.